The number of aliphatic hydroxyl groups excluding tert-OH is 1. The van der Waals surface area contributed by atoms with Gasteiger partial charge in [-0.2, -0.15) is 4.39 Å². The van der Waals surface area contributed by atoms with Crippen LogP contribution in [0.4, 0.5) is 17.6 Å². The van der Waals surface area contributed by atoms with E-state index in [4.69, 9.17) is 9.47 Å². The molecule has 3 nitrogen and oxygen atoms in total. The zero-order valence-corrected chi connectivity index (χ0v) is 21.0. The minimum absolute atomic E-state index is 0.0134. The van der Waals surface area contributed by atoms with Crippen LogP contribution in [0.1, 0.15) is 93.7 Å². The maximum atomic E-state index is 15.1. The second-order valence-electron chi connectivity index (χ2n) is 10.3. The van der Waals surface area contributed by atoms with Crippen molar-refractivity contribution in [2.75, 3.05) is 6.61 Å². The Hall–Kier alpha value is -2.12. The summed E-state index contributed by atoms with van der Waals surface area (Å²) >= 11 is 0. The zero-order valence-electron chi connectivity index (χ0n) is 21.0. The molecule has 2 aromatic rings. The summed E-state index contributed by atoms with van der Waals surface area (Å²) < 4.78 is 69.5. The van der Waals surface area contributed by atoms with Crippen LogP contribution in [-0.4, -0.2) is 23.9 Å². The van der Waals surface area contributed by atoms with Gasteiger partial charge in [0.1, 0.15) is 0 Å². The van der Waals surface area contributed by atoms with Crippen molar-refractivity contribution in [2.24, 2.45) is 5.92 Å². The number of halogens is 4. The summed E-state index contributed by atoms with van der Waals surface area (Å²) in [5, 5.41) is 9.80. The van der Waals surface area contributed by atoms with Crippen molar-refractivity contribution in [3.05, 3.63) is 64.2 Å². The van der Waals surface area contributed by atoms with E-state index in [1.165, 1.54) is 12.1 Å². The third-order valence-corrected chi connectivity index (χ3v) is 8.05. The molecule has 2 saturated carbocycles. The van der Waals surface area contributed by atoms with E-state index in [2.05, 4.69) is 0 Å². The Morgan fingerprint density at radius 3 is 1.86 bits per heavy atom. The first kappa shape index (κ1) is 26.9. The van der Waals surface area contributed by atoms with Crippen LogP contribution in [-0.2, 0) is 11.3 Å². The highest BCUT2D eigenvalue weighted by molar-refractivity contribution is 5.32. The number of ether oxygens (including phenoxy) is 2. The Morgan fingerprint density at radius 1 is 0.778 bits per heavy atom. The monoisotopic (exact) mass is 508 g/mol. The maximum absolute atomic E-state index is 15.1. The molecule has 36 heavy (non-hydrogen) atoms. The summed E-state index contributed by atoms with van der Waals surface area (Å²) in [7, 11) is 0. The maximum Gasteiger partial charge on any atom is 0.200 e. The van der Waals surface area contributed by atoms with Gasteiger partial charge in [-0.05, 0) is 106 Å². The van der Waals surface area contributed by atoms with Crippen LogP contribution >= 0.6 is 0 Å². The Bertz CT molecular complexity index is 1030. The SMILES string of the molecule is CCOc1ccc(COC2CCC(c3ccc(C4CCC(C(C)O)CC4)c(F)c3F)CC2)c(F)c1F. The van der Waals surface area contributed by atoms with Crippen molar-refractivity contribution in [1.29, 1.82) is 0 Å². The minimum Gasteiger partial charge on any atom is -0.491 e. The van der Waals surface area contributed by atoms with Gasteiger partial charge in [-0.3, -0.25) is 0 Å². The van der Waals surface area contributed by atoms with Crippen molar-refractivity contribution in [1.82, 2.24) is 0 Å². The first-order valence-corrected chi connectivity index (χ1v) is 13.2. The van der Waals surface area contributed by atoms with Crippen LogP contribution in [0.5, 0.6) is 5.75 Å². The van der Waals surface area contributed by atoms with Gasteiger partial charge >= 0.3 is 0 Å². The summed E-state index contributed by atoms with van der Waals surface area (Å²) in [5.41, 5.74) is 0.984. The highest BCUT2D eigenvalue weighted by Crippen LogP contribution is 2.41. The first-order chi connectivity index (χ1) is 17.3. The van der Waals surface area contributed by atoms with Crippen LogP contribution < -0.4 is 4.74 Å². The average Bonchev–Trinajstić information content (AvgIpc) is 2.88. The Kier molecular flexibility index (Phi) is 8.94. The van der Waals surface area contributed by atoms with Gasteiger partial charge in [0, 0.05) is 5.56 Å². The third-order valence-electron chi connectivity index (χ3n) is 8.05. The zero-order chi connectivity index (χ0) is 25.8. The lowest BCUT2D eigenvalue weighted by Gasteiger charge is -2.32. The Labute approximate surface area is 210 Å². The van der Waals surface area contributed by atoms with Gasteiger partial charge in [-0.1, -0.05) is 12.1 Å². The minimum atomic E-state index is -1.02. The Morgan fingerprint density at radius 2 is 1.33 bits per heavy atom. The lowest BCUT2D eigenvalue weighted by molar-refractivity contribution is 0.0116. The molecule has 7 heteroatoms. The number of rotatable bonds is 8. The molecule has 0 aliphatic heterocycles. The molecule has 2 aromatic carbocycles. The van der Waals surface area contributed by atoms with E-state index < -0.39 is 23.3 Å². The van der Waals surface area contributed by atoms with Crippen molar-refractivity contribution in [2.45, 2.75) is 95.9 Å². The fourth-order valence-electron chi connectivity index (χ4n) is 5.82. The fourth-order valence-corrected chi connectivity index (χ4v) is 5.82. The molecule has 0 radical (unpaired) electrons. The summed E-state index contributed by atoms with van der Waals surface area (Å²) in [6.45, 7) is 3.68. The molecule has 2 aliphatic rings. The number of hydrogen-bond donors (Lipinski definition) is 1. The van der Waals surface area contributed by atoms with Crippen molar-refractivity contribution >= 4 is 0 Å². The van der Waals surface area contributed by atoms with Crippen LogP contribution in [0.2, 0.25) is 0 Å². The molecule has 4 rings (SSSR count). The van der Waals surface area contributed by atoms with Gasteiger partial charge in [-0.25, -0.2) is 13.2 Å². The molecule has 0 heterocycles. The van der Waals surface area contributed by atoms with E-state index in [0.717, 1.165) is 25.7 Å². The lowest BCUT2D eigenvalue weighted by Crippen LogP contribution is -2.23. The molecule has 2 fully saturated rings. The van der Waals surface area contributed by atoms with Crippen LogP contribution in [0.3, 0.4) is 0 Å². The highest BCUT2D eigenvalue weighted by Gasteiger charge is 2.31. The summed E-state index contributed by atoms with van der Waals surface area (Å²) in [6.07, 6.45) is 5.20. The van der Waals surface area contributed by atoms with E-state index in [1.54, 1.807) is 26.0 Å². The van der Waals surface area contributed by atoms with E-state index in [0.29, 0.717) is 36.8 Å². The molecule has 1 atom stereocenters. The summed E-state index contributed by atoms with van der Waals surface area (Å²) in [4.78, 5) is 0. The molecular formula is C29H36F4O3. The smallest absolute Gasteiger partial charge is 0.200 e. The molecule has 1 N–H and O–H groups in total. The van der Waals surface area contributed by atoms with Crippen molar-refractivity contribution in [3.8, 4) is 5.75 Å². The van der Waals surface area contributed by atoms with Gasteiger partial charge < -0.3 is 14.6 Å². The van der Waals surface area contributed by atoms with E-state index in [-0.39, 0.29) is 54.5 Å². The quantitative estimate of drug-likeness (QED) is 0.375. The second kappa shape index (κ2) is 12.0. The van der Waals surface area contributed by atoms with E-state index in [9.17, 15) is 13.9 Å². The molecule has 198 valence electrons. The molecule has 1 unspecified atom stereocenters. The number of benzene rings is 2. The lowest BCUT2D eigenvalue weighted by atomic mass is 9.76. The van der Waals surface area contributed by atoms with Crippen molar-refractivity contribution in [3.63, 3.8) is 0 Å². The van der Waals surface area contributed by atoms with Crippen LogP contribution in [0, 0.1) is 29.2 Å². The van der Waals surface area contributed by atoms with Crippen molar-refractivity contribution < 1.29 is 32.1 Å². The van der Waals surface area contributed by atoms with E-state index >= 15 is 8.78 Å². The van der Waals surface area contributed by atoms with Crippen LogP contribution in [0.15, 0.2) is 24.3 Å². The molecule has 0 bridgehead atoms. The van der Waals surface area contributed by atoms with Gasteiger partial charge in [-0.15, -0.1) is 0 Å². The molecule has 2 aliphatic carbocycles. The number of hydrogen-bond acceptors (Lipinski definition) is 3. The van der Waals surface area contributed by atoms with Gasteiger partial charge in [0.25, 0.3) is 0 Å². The standard InChI is InChI=1S/C29H36F4O3/c1-3-35-25-15-10-21(26(30)29(25)33)16-36-22-11-8-20(9-12-22)24-14-13-23(27(31)28(24)32)19-6-4-18(5-7-19)17(2)34/h10,13-15,17-20,22,34H,3-9,11-12,16H2,1-2H3. The molecule has 0 amide bonds. The molecular weight excluding hydrogens is 472 g/mol. The normalized spacial score (nSPS) is 25.5. The van der Waals surface area contributed by atoms with E-state index in [1.807, 2.05) is 0 Å². The average molecular weight is 509 g/mol. The predicted molar refractivity (Wildman–Crippen MR) is 130 cm³/mol. The summed E-state index contributed by atoms with van der Waals surface area (Å²) in [6, 6.07) is 6.34. The van der Waals surface area contributed by atoms with Gasteiger partial charge in [0.2, 0.25) is 5.82 Å². The first-order valence-electron chi connectivity index (χ1n) is 13.2. The molecule has 0 saturated heterocycles. The predicted octanol–water partition coefficient (Wildman–Crippen LogP) is 7.54. The largest absolute Gasteiger partial charge is 0.491 e. The van der Waals surface area contributed by atoms with Gasteiger partial charge in [0.05, 0.1) is 25.4 Å². The molecule has 0 aromatic heterocycles. The number of aliphatic hydroxyl groups is 1. The highest BCUT2D eigenvalue weighted by atomic mass is 19.2. The van der Waals surface area contributed by atoms with Crippen LogP contribution in [0.25, 0.3) is 0 Å². The topological polar surface area (TPSA) is 38.7 Å². The Balaban J connectivity index is 1.32. The fraction of sp³-hybridized carbons (Fsp3) is 0.586. The summed E-state index contributed by atoms with van der Waals surface area (Å²) in [5.74, 6) is -3.46. The second-order valence-corrected chi connectivity index (χ2v) is 10.3. The van der Waals surface area contributed by atoms with Gasteiger partial charge in [0.15, 0.2) is 23.2 Å². The third kappa shape index (κ3) is 5.88. The molecule has 0 spiro atoms.